The Bertz CT molecular complexity index is 790. The van der Waals surface area contributed by atoms with Crippen molar-refractivity contribution in [2.24, 2.45) is 0 Å². The molecule has 0 saturated carbocycles. The fraction of sp³-hybridized carbons (Fsp3) is 0.105. The van der Waals surface area contributed by atoms with Gasteiger partial charge in [0.15, 0.2) is 6.61 Å². The molecule has 0 heterocycles. The van der Waals surface area contributed by atoms with Gasteiger partial charge in [0.25, 0.3) is 5.91 Å². The number of rotatable bonds is 6. The molecular formula is C19H17N3O3. The van der Waals surface area contributed by atoms with Crippen molar-refractivity contribution >= 4 is 11.9 Å². The van der Waals surface area contributed by atoms with Crippen molar-refractivity contribution in [1.29, 1.82) is 5.26 Å². The van der Waals surface area contributed by atoms with E-state index >= 15 is 0 Å². The summed E-state index contributed by atoms with van der Waals surface area (Å²) in [5.41, 5.74) is 2.54. The zero-order valence-electron chi connectivity index (χ0n) is 13.5. The first kappa shape index (κ1) is 17.8. The second-order valence-electron chi connectivity index (χ2n) is 5.05. The summed E-state index contributed by atoms with van der Waals surface area (Å²) >= 11 is 0. The second-order valence-corrected chi connectivity index (χ2v) is 5.05. The van der Waals surface area contributed by atoms with Crippen LogP contribution in [0.25, 0.3) is 11.1 Å². The molecule has 0 fully saturated rings. The number of carbonyl (C=O) groups is 2. The van der Waals surface area contributed by atoms with Crippen molar-refractivity contribution in [2.45, 2.75) is 0 Å². The summed E-state index contributed by atoms with van der Waals surface area (Å²) in [7, 11) is 0. The maximum atomic E-state index is 11.6. The summed E-state index contributed by atoms with van der Waals surface area (Å²) in [5, 5.41) is 13.4. The number of hydrogen-bond acceptors (Lipinski definition) is 4. The van der Waals surface area contributed by atoms with Gasteiger partial charge in [-0.05, 0) is 35.4 Å². The number of imide groups is 1. The standard InChI is InChI=1S/C19H17N3O3/c1-2-11-21-19(24)22-18(23)13-25-17-9-7-16(8-10-17)15-5-3-14(12-20)4-6-15/h2-10H,1,11,13H2,(H2,21,22,23,24). The molecule has 6 nitrogen and oxygen atoms in total. The predicted molar refractivity (Wildman–Crippen MR) is 93.8 cm³/mol. The normalized spacial score (nSPS) is 9.56. The third-order valence-electron chi connectivity index (χ3n) is 3.23. The fourth-order valence-corrected chi connectivity index (χ4v) is 2.00. The van der Waals surface area contributed by atoms with Gasteiger partial charge in [0, 0.05) is 6.54 Å². The van der Waals surface area contributed by atoms with E-state index < -0.39 is 11.9 Å². The van der Waals surface area contributed by atoms with Crippen LogP contribution in [0, 0.1) is 11.3 Å². The zero-order valence-corrected chi connectivity index (χ0v) is 13.5. The van der Waals surface area contributed by atoms with E-state index in [4.69, 9.17) is 10.00 Å². The van der Waals surface area contributed by atoms with Crippen molar-refractivity contribution < 1.29 is 14.3 Å². The van der Waals surface area contributed by atoms with E-state index in [1.165, 1.54) is 6.08 Å². The first-order valence-electron chi connectivity index (χ1n) is 7.54. The van der Waals surface area contributed by atoms with Crippen molar-refractivity contribution in [3.8, 4) is 22.9 Å². The number of hydrogen-bond donors (Lipinski definition) is 2. The highest BCUT2D eigenvalue weighted by atomic mass is 16.5. The average molecular weight is 335 g/mol. The Morgan fingerprint density at radius 2 is 1.68 bits per heavy atom. The lowest BCUT2D eigenvalue weighted by molar-refractivity contribution is -0.122. The third kappa shape index (κ3) is 5.52. The quantitative estimate of drug-likeness (QED) is 0.794. The predicted octanol–water partition coefficient (Wildman–Crippen LogP) is 2.62. The number of nitriles is 1. The molecule has 0 aliphatic heterocycles. The van der Waals surface area contributed by atoms with Gasteiger partial charge in [0.1, 0.15) is 5.75 Å². The van der Waals surface area contributed by atoms with E-state index in [1.54, 1.807) is 24.3 Å². The molecule has 0 radical (unpaired) electrons. The van der Waals surface area contributed by atoms with E-state index in [0.717, 1.165) is 11.1 Å². The van der Waals surface area contributed by atoms with Gasteiger partial charge in [-0.3, -0.25) is 10.1 Å². The van der Waals surface area contributed by atoms with Gasteiger partial charge in [-0.1, -0.05) is 30.3 Å². The van der Waals surface area contributed by atoms with Crippen LogP contribution in [0.4, 0.5) is 4.79 Å². The first-order chi connectivity index (χ1) is 12.1. The highest BCUT2D eigenvalue weighted by Gasteiger charge is 2.07. The summed E-state index contributed by atoms with van der Waals surface area (Å²) < 4.78 is 5.35. The van der Waals surface area contributed by atoms with Crippen molar-refractivity contribution in [3.63, 3.8) is 0 Å². The van der Waals surface area contributed by atoms with E-state index in [2.05, 4.69) is 23.3 Å². The monoisotopic (exact) mass is 335 g/mol. The number of amides is 3. The van der Waals surface area contributed by atoms with Crippen LogP contribution in [0.5, 0.6) is 5.75 Å². The second kappa shape index (κ2) is 8.89. The van der Waals surface area contributed by atoms with E-state index in [-0.39, 0.29) is 13.2 Å². The molecule has 2 rings (SSSR count). The summed E-state index contributed by atoms with van der Waals surface area (Å²) in [4.78, 5) is 22.9. The molecular weight excluding hydrogens is 318 g/mol. The van der Waals surface area contributed by atoms with Crippen LogP contribution in [0.1, 0.15) is 5.56 Å². The Morgan fingerprint density at radius 3 is 2.24 bits per heavy atom. The van der Waals surface area contributed by atoms with Gasteiger partial charge in [-0.25, -0.2) is 4.79 Å². The summed E-state index contributed by atoms with van der Waals surface area (Å²) in [5.74, 6) is -0.0308. The van der Waals surface area contributed by atoms with Gasteiger partial charge >= 0.3 is 6.03 Å². The van der Waals surface area contributed by atoms with Gasteiger partial charge < -0.3 is 10.1 Å². The molecule has 3 amide bonds. The largest absolute Gasteiger partial charge is 0.484 e. The molecule has 0 aliphatic carbocycles. The SMILES string of the molecule is C=CCNC(=O)NC(=O)COc1ccc(-c2ccc(C#N)cc2)cc1. The lowest BCUT2D eigenvalue weighted by Crippen LogP contribution is -2.41. The number of urea groups is 1. The summed E-state index contributed by atoms with van der Waals surface area (Å²) in [6.45, 7) is 3.47. The maximum Gasteiger partial charge on any atom is 0.321 e. The van der Waals surface area contributed by atoms with Crippen LogP contribution < -0.4 is 15.4 Å². The molecule has 2 aromatic rings. The Balaban J connectivity index is 1.87. The highest BCUT2D eigenvalue weighted by Crippen LogP contribution is 2.22. The number of nitrogens with zero attached hydrogens (tertiary/aromatic N) is 1. The Hall–Kier alpha value is -3.59. The van der Waals surface area contributed by atoms with Crippen molar-refractivity contribution in [2.75, 3.05) is 13.2 Å². The lowest BCUT2D eigenvalue weighted by Gasteiger charge is -2.08. The minimum Gasteiger partial charge on any atom is -0.484 e. The summed E-state index contributed by atoms with van der Waals surface area (Å²) in [6, 6.07) is 15.9. The zero-order chi connectivity index (χ0) is 18.1. The van der Waals surface area contributed by atoms with Crippen molar-refractivity contribution in [3.05, 3.63) is 66.7 Å². The molecule has 0 atom stereocenters. The van der Waals surface area contributed by atoms with E-state index in [1.807, 2.05) is 24.3 Å². The van der Waals surface area contributed by atoms with Gasteiger partial charge in [0.2, 0.25) is 0 Å². The summed E-state index contributed by atoms with van der Waals surface area (Å²) in [6.07, 6.45) is 1.51. The number of carbonyl (C=O) groups excluding carboxylic acids is 2. The van der Waals surface area contributed by atoms with Crippen LogP contribution in [-0.4, -0.2) is 25.1 Å². The van der Waals surface area contributed by atoms with Crippen molar-refractivity contribution in [1.82, 2.24) is 10.6 Å². The smallest absolute Gasteiger partial charge is 0.321 e. The third-order valence-corrected chi connectivity index (χ3v) is 3.23. The molecule has 6 heteroatoms. The molecule has 0 aliphatic rings. The van der Waals surface area contributed by atoms with Crippen LogP contribution >= 0.6 is 0 Å². The Labute approximate surface area is 145 Å². The van der Waals surface area contributed by atoms with Crippen LogP contribution in [0.3, 0.4) is 0 Å². The molecule has 126 valence electrons. The van der Waals surface area contributed by atoms with Crippen LogP contribution in [0.2, 0.25) is 0 Å². The van der Waals surface area contributed by atoms with Gasteiger partial charge in [0.05, 0.1) is 11.6 Å². The molecule has 2 N–H and O–H groups in total. The molecule has 0 unspecified atom stereocenters. The van der Waals surface area contributed by atoms with Gasteiger partial charge in [-0.2, -0.15) is 5.26 Å². The van der Waals surface area contributed by atoms with E-state index in [9.17, 15) is 9.59 Å². The molecule has 0 saturated heterocycles. The number of ether oxygens (including phenoxy) is 1. The molecule has 25 heavy (non-hydrogen) atoms. The average Bonchev–Trinajstić information content (AvgIpc) is 2.65. The van der Waals surface area contributed by atoms with E-state index in [0.29, 0.717) is 11.3 Å². The first-order valence-corrected chi connectivity index (χ1v) is 7.54. The van der Waals surface area contributed by atoms with Crippen LogP contribution in [-0.2, 0) is 4.79 Å². The highest BCUT2D eigenvalue weighted by molar-refractivity contribution is 5.95. The Kier molecular flexibility index (Phi) is 6.32. The minimum absolute atomic E-state index is 0.266. The maximum absolute atomic E-state index is 11.6. The molecule has 0 bridgehead atoms. The lowest BCUT2D eigenvalue weighted by atomic mass is 10.0. The number of benzene rings is 2. The Morgan fingerprint density at radius 1 is 1.08 bits per heavy atom. The molecule has 0 spiro atoms. The minimum atomic E-state index is -0.593. The number of nitrogens with one attached hydrogen (secondary N) is 2. The fourth-order valence-electron chi connectivity index (χ4n) is 2.00. The van der Waals surface area contributed by atoms with Gasteiger partial charge in [-0.15, -0.1) is 6.58 Å². The van der Waals surface area contributed by atoms with Crippen LogP contribution in [0.15, 0.2) is 61.2 Å². The molecule has 0 aromatic heterocycles. The topological polar surface area (TPSA) is 91.2 Å². The molecule has 2 aromatic carbocycles.